The molecule has 0 radical (unpaired) electrons. The number of hydrogen-bond acceptors (Lipinski definition) is 1. The molecule has 2 unspecified atom stereocenters. The van der Waals surface area contributed by atoms with E-state index in [9.17, 15) is 8.78 Å². The van der Waals surface area contributed by atoms with Crippen LogP contribution in [0.4, 0.5) is 8.78 Å². The van der Waals surface area contributed by atoms with Crippen molar-refractivity contribution < 1.29 is 13.5 Å². The van der Waals surface area contributed by atoms with Crippen molar-refractivity contribution in [1.82, 2.24) is 0 Å². The number of ether oxygens (including phenoxy) is 1. The summed E-state index contributed by atoms with van der Waals surface area (Å²) in [7, 11) is 0. The summed E-state index contributed by atoms with van der Waals surface area (Å²) in [6, 6.07) is 0. The SMILES string of the molecule is CC(C)C12CCC(C(F)F)(C1)OC2. The molecule has 0 N–H and O–H groups in total. The van der Waals surface area contributed by atoms with E-state index in [1.807, 2.05) is 0 Å². The Balaban J connectivity index is 2.19. The van der Waals surface area contributed by atoms with E-state index < -0.39 is 12.0 Å². The zero-order valence-electron chi connectivity index (χ0n) is 8.15. The normalized spacial score (nSPS) is 43.8. The molecular weight excluding hydrogens is 174 g/mol. The molecular formula is C10H16F2O. The lowest BCUT2D eigenvalue weighted by Crippen LogP contribution is -2.35. The standard InChI is InChI=1S/C10H16F2O/c1-7(2)9-3-4-10(5-9,8(11)12)13-6-9/h7-8H,3-6H2,1-2H3. The molecule has 0 spiro atoms. The lowest BCUT2D eigenvalue weighted by atomic mass is 9.77. The smallest absolute Gasteiger partial charge is 0.267 e. The molecule has 1 aliphatic heterocycles. The highest BCUT2D eigenvalue weighted by molar-refractivity contribution is 5.07. The third kappa shape index (κ3) is 1.13. The van der Waals surface area contributed by atoms with Gasteiger partial charge in [0.05, 0.1) is 6.61 Å². The van der Waals surface area contributed by atoms with Gasteiger partial charge in [-0.3, -0.25) is 0 Å². The van der Waals surface area contributed by atoms with Crippen molar-refractivity contribution in [3.8, 4) is 0 Å². The summed E-state index contributed by atoms with van der Waals surface area (Å²) in [6.07, 6.45) is -0.289. The molecule has 1 aliphatic carbocycles. The minimum absolute atomic E-state index is 0.0520. The molecule has 2 atom stereocenters. The summed E-state index contributed by atoms with van der Waals surface area (Å²) < 4.78 is 30.8. The van der Waals surface area contributed by atoms with Crippen LogP contribution in [0.3, 0.4) is 0 Å². The molecule has 2 aliphatic rings. The molecule has 13 heavy (non-hydrogen) atoms. The van der Waals surface area contributed by atoms with Crippen LogP contribution in [0.5, 0.6) is 0 Å². The average molecular weight is 190 g/mol. The van der Waals surface area contributed by atoms with Crippen LogP contribution in [0.1, 0.15) is 33.1 Å². The van der Waals surface area contributed by atoms with Crippen LogP contribution in [0.25, 0.3) is 0 Å². The van der Waals surface area contributed by atoms with E-state index in [1.165, 1.54) is 0 Å². The molecule has 0 aromatic heterocycles. The van der Waals surface area contributed by atoms with Gasteiger partial charge < -0.3 is 4.74 Å². The monoisotopic (exact) mass is 190 g/mol. The van der Waals surface area contributed by atoms with Crippen molar-refractivity contribution in [2.24, 2.45) is 11.3 Å². The van der Waals surface area contributed by atoms with Crippen LogP contribution in [0.2, 0.25) is 0 Å². The van der Waals surface area contributed by atoms with Crippen LogP contribution in [-0.4, -0.2) is 18.6 Å². The number of fused-ring (bicyclic) bond motifs is 2. The van der Waals surface area contributed by atoms with Crippen molar-refractivity contribution >= 4 is 0 Å². The fourth-order valence-corrected chi connectivity index (χ4v) is 2.68. The Morgan fingerprint density at radius 1 is 1.23 bits per heavy atom. The second kappa shape index (κ2) is 2.66. The van der Waals surface area contributed by atoms with Crippen LogP contribution in [0, 0.1) is 11.3 Å². The quantitative estimate of drug-likeness (QED) is 0.650. The van der Waals surface area contributed by atoms with E-state index in [1.54, 1.807) is 0 Å². The molecule has 1 saturated carbocycles. The topological polar surface area (TPSA) is 9.23 Å². The largest absolute Gasteiger partial charge is 0.368 e. The van der Waals surface area contributed by atoms with Crippen LogP contribution in [0.15, 0.2) is 0 Å². The summed E-state index contributed by atoms with van der Waals surface area (Å²) >= 11 is 0. The maximum absolute atomic E-state index is 12.7. The summed E-state index contributed by atoms with van der Waals surface area (Å²) in [6.45, 7) is 4.75. The Morgan fingerprint density at radius 3 is 2.15 bits per heavy atom. The maximum Gasteiger partial charge on any atom is 0.267 e. The molecule has 76 valence electrons. The Hall–Kier alpha value is -0.180. The average Bonchev–Trinajstić information content (AvgIpc) is 2.61. The fourth-order valence-electron chi connectivity index (χ4n) is 2.68. The second-order valence-electron chi connectivity index (χ2n) is 4.85. The lowest BCUT2D eigenvalue weighted by Gasteiger charge is -2.30. The minimum atomic E-state index is -2.31. The number of alkyl halides is 2. The second-order valence-corrected chi connectivity index (χ2v) is 4.85. The van der Waals surface area contributed by atoms with Gasteiger partial charge in [0, 0.05) is 0 Å². The molecule has 3 heteroatoms. The van der Waals surface area contributed by atoms with Crippen molar-refractivity contribution in [2.45, 2.75) is 45.1 Å². The third-order valence-corrected chi connectivity index (χ3v) is 3.97. The molecule has 0 aromatic rings. The van der Waals surface area contributed by atoms with E-state index in [-0.39, 0.29) is 5.41 Å². The van der Waals surface area contributed by atoms with E-state index >= 15 is 0 Å². The van der Waals surface area contributed by atoms with E-state index in [2.05, 4.69) is 13.8 Å². The van der Waals surface area contributed by atoms with Gasteiger partial charge >= 0.3 is 0 Å². The Morgan fingerprint density at radius 2 is 1.92 bits per heavy atom. The van der Waals surface area contributed by atoms with Gasteiger partial charge in [0.1, 0.15) is 5.60 Å². The molecule has 1 nitrogen and oxygen atoms in total. The van der Waals surface area contributed by atoms with Gasteiger partial charge in [0.25, 0.3) is 6.43 Å². The van der Waals surface area contributed by atoms with Gasteiger partial charge in [-0.05, 0) is 30.6 Å². The first kappa shape index (κ1) is 9.38. The Kier molecular flexibility index (Phi) is 1.92. The van der Waals surface area contributed by atoms with Crippen molar-refractivity contribution in [3.63, 3.8) is 0 Å². The Bertz CT molecular complexity index is 183. The van der Waals surface area contributed by atoms with E-state index in [0.29, 0.717) is 25.4 Å². The highest BCUT2D eigenvalue weighted by Gasteiger charge is 2.60. The van der Waals surface area contributed by atoms with E-state index in [4.69, 9.17) is 4.74 Å². The van der Waals surface area contributed by atoms with Crippen LogP contribution >= 0.6 is 0 Å². The van der Waals surface area contributed by atoms with Crippen LogP contribution < -0.4 is 0 Å². The Labute approximate surface area is 77.5 Å². The first-order chi connectivity index (χ1) is 6.01. The molecule has 1 saturated heterocycles. The van der Waals surface area contributed by atoms with Gasteiger partial charge in [-0.2, -0.15) is 0 Å². The maximum atomic E-state index is 12.7. The predicted octanol–water partition coefficient (Wildman–Crippen LogP) is 2.85. The van der Waals surface area contributed by atoms with Gasteiger partial charge in [-0.25, -0.2) is 8.78 Å². The summed E-state index contributed by atoms with van der Waals surface area (Å²) in [5, 5.41) is 0. The van der Waals surface area contributed by atoms with Gasteiger partial charge in [0.2, 0.25) is 0 Å². The molecule has 2 rings (SSSR count). The molecule has 2 bridgehead atoms. The van der Waals surface area contributed by atoms with Crippen molar-refractivity contribution in [3.05, 3.63) is 0 Å². The summed E-state index contributed by atoms with van der Waals surface area (Å²) in [4.78, 5) is 0. The zero-order valence-corrected chi connectivity index (χ0v) is 8.15. The molecule has 2 fully saturated rings. The summed E-state index contributed by atoms with van der Waals surface area (Å²) in [5.74, 6) is 0.454. The van der Waals surface area contributed by atoms with Crippen molar-refractivity contribution in [2.75, 3.05) is 6.61 Å². The summed E-state index contributed by atoms with van der Waals surface area (Å²) in [5.41, 5.74) is -1.03. The first-order valence-corrected chi connectivity index (χ1v) is 4.93. The van der Waals surface area contributed by atoms with Gasteiger partial charge in [-0.15, -0.1) is 0 Å². The molecule has 0 amide bonds. The van der Waals surface area contributed by atoms with Crippen molar-refractivity contribution in [1.29, 1.82) is 0 Å². The van der Waals surface area contributed by atoms with Crippen LogP contribution in [-0.2, 0) is 4.74 Å². The first-order valence-electron chi connectivity index (χ1n) is 4.93. The van der Waals surface area contributed by atoms with E-state index in [0.717, 1.165) is 6.42 Å². The molecule has 0 aromatic carbocycles. The minimum Gasteiger partial charge on any atom is -0.368 e. The molecule has 1 heterocycles. The third-order valence-electron chi connectivity index (χ3n) is 3.97. The number of hydrogen-bond donors (Lipinski definition) is 0. The van der Waals surface area contributed by atoms with Gasteiger partial charge in [0.15, 0.2) is 0 Å². The predicted molar refractivity (Wildman–Crippen MR) is 45.8 cm³/mol. The highest BCUT2D eigenvalue weighted by Crippen LogP contribution is 2.58. The zero-order chi connectivity index (χ0) is 9.69. The number of halogens is 2. The number of rotatable bonds is 2. The fraction of sp³-hybridized carbons (Fsp3) is 1.00. The van der Waals surface area contributed by atoms with Gasteiger partial charge in [-0.1, -0.05) is 13.8 Å². The lowest BCUT2D eigenvalue weighted by molar-refractivity contribution is -0.122. The highest BCUT2D eigenvalue weighted by atomic mass is 19.3.